The second kappa shape index (κ2) is 15.3. The number of rotatable bonds is 6. The van der Waals surface area contributed by atoms with Crippen LogP contribution >= 0.6 is 0 Å². The molecule has 4 nitrogen and oxygen atoms in total. The van der Waals surface area contributed by atoms with Gasteiger partial charge in [-0.15, -0.1) is 0 Å². The molecule has 4 heteroatoms. The highest BCUT2D eigenvalue weighted by molar-refractivity contribution is 6.40. The molecule has 0 amide bonds. The number of benzene rings is 11. The van der Waals surface area contributed by atoms with E-state index >= 15 is 0 Å². The minimum Gasteiger partial charge on any atom is -0.308 e. The number of hydrogen-bond donors (Lipinski definition) is 0. The number of para-hydroxylation sites is 4. The Bertz CT molecular complexity index is 4630. The van der Waals surface area contributed by atoms with E-state index in [1.54, 1.807) is 0 Å². The van der Waals surface area contributed by atoms with Crippen LogP contribution < -0.4 is 9.80 Å². The Kier molecular flexibility index (Phi) is 8.87. The second-order valence-corrected chi connectivity index (χ2v) is 22.6. The van der Waals surface area contributed by atoms with E-state index in [0.29, 0.717) is 0 Å². The Labute approximate surface area is 430 Å². The molecule has 0 radical (unpaired) electrons. The molecule has 15 rings (SSSR count). The van der Waals surface area contributed by atoms with Gasteiger partial charge in [0.2, 0.25) is 0 Å². The molecule has 0 aliphatic carbocycles. The van der Waals surface area contributed by atoms with Crippen LogP contribution in [0.2, 0.25) is 0 Å². The van der Waals surface area contributed by atoms with E-state index in [1.165, 1.54) is 115 Å². The molecule has 0 aliphatic heterocycles. The first-order valence-electron chi connectivity index (χ1n) is 26.1. The molecule has 4 aromatic heterocycles. The van der Waals surface area contributed by atoms with Crippen molar-refractivity contribution in [1.29, 1.82) is 0 Å². The first-order valence-corrected chi connectivity index (χ1v) is 26.1. The van der Waals surface area contributed by atoms with Gasteiger partial charge in [-0.05, 0) is 135 Å². The van der Waals surface area contributed by atoms with Crippen molar-refractivity contribution in [3.05, 3.63) is 230 Å². The van der Waals surface area contributed by atoms with Gasteiger partial charge in [0, 0.05) is 71.2 Å². The fourth-order valence-corrected chi connectivity index (χ4v) is 12.7. The van der Waals surface area contributed by atoms with Gasteiger partial charge in [-0.3, -0.25) is 0 Å². The lowest BCUT2D eigenvalue weighted by Gasteiger charge is -2.29. The molecule has 354 valence electrons. The Balaban J connectivity index is 1.19. The summed E-state index contributed by atoms with van der Waals surface area (Å²) in [7, 11) is 0. The van der Waals surface area contributed by atoms with Crippen LogP contribution in [0.5, 0.6) is 0 Å². The Morgan fingerprint density at radius 1 is 0.297 bits per heavy atom. The smallest absolute Gasteiger partial charge is 0.0789 e. The lowest BCUT2D eigenvalue weighted by molar-refractivity contribution is 0.591. The van der Waals surface area contributed by atoms with E-state index in [0.717, 1.165) is 28.4 Å². The van der Waals surface area contributed by atoms with Crippen molar-refractivity contribution in [2.45, 2.75) is 52.4 Å². The summed E-state index contributed by atoms with van der Waals surface area (Å²) in [6.07, 6.45) is 0. The van der Waals surface area contributed by atoms with E-state index in [-0.39, 0.29) is 10.8 Å². The van der Waals surface area contributed by atoms with Gasteiger partial charge < -0.3 is 18.6 Å². The highest BCUT2D eigenvalue weighted by Gasteiger charge is 2.32. The molecule has 0 bridgehead atoms. The van der Waals surface area contributed by atoms with E-state index in [9.17, 15) is 0 Å². The SMILES string of the molecule is CC(C)(C)c1cc(N(c2ccccc2)c2ccccc2)c2c(c1)c1cc3ccccc3c3c4c5c6cc(C(C)(C)C)cc7c8cc9ccccc9c(N(c9ccccc9)c9ccccc9)c8n(c5ccc4n2c13)c76. The van der Waals surface area contributed by atoms with E-state index in [1.807, 2.05) is 0 Å². The molecular weight excluding hydrogens is 897 g/mol. The number of nitrogens with zero attached hydrogens (tertiary/aromatic N) is 4. The molecular formula is C70H54N4. The van der Waals surface area contributed by atoms with E-state index in [2.05, 4.69) is 279 Å². The molecule has 0 fully saturated rings. The van der Waals surface area contributed by atoms with Crippen molar-refractivity contribution in [2.24, 2.45) is 0 Å². The van der Waals surface area contributed by atoms with E-state index in [4.69, 9.17) is 0 Å². The zero-order valence-corrected chi connectivity index (χ0v) is 42.6. The third-order valence-corrected chi connectivity index (χ3v) is 16.1. The summed E-state index contributed by atoms with van der Waals surface area (Å²) in [6.45, 7) is 14.1. The summed E-state index contributed by atoms with van der Waals surface area (Å²) in [6, 6.07) is 81.6. The summed E-state index contributed by atoms with van der Waals surface area (Å²) in [5, 5.41) is 15.2. The molecule has 0 unspecified atom stereocenters. The van der Waals surface area contributed by atoms with Crippen molar-refractivity contribution in [2.75, 3.05) is 9.80 Å². The van der Waals surface area contributed by atoms with Gasteiger partial charge in [0.05, 0.1) is 44.5 Å². The predicted molar refractivity (Wildman–Crippen MR) is 318 cm³/mol. The number of aromatic nitrogens is 2. The molecule has 0 N–H and O–H groups in total. The highest BCUT2D eigenvalue weighted by Crippen LogP contribution is 2.55. The first kappa shape index (κ1) is 42.8. The standard InChI is InChI=1S/C70H54N4/c1-69(2,3)45-39-55-54-38-44-24-20-22-34-52(44)67(72(49-29-15-9-16-30-49)50-31-17-10-18-32-50)68(54)73-58-35-36-59-63(61(58)57(41-45)64(55)73)62-51-33-21-19-23-43(51)37-53-56-40-46(70(4,5)6)42-60(65(56)74(59)66(53)62)71(47-25-11-7-12-26-47)48-27-13-8-14-28-48/h7-42H,1-6H3. The summed E-state index contributed by atoms with van der Waals surface area (Å²) >= 11 is 0. The molecule has 74 heavy (non-hydrogen) atoms. The third kappa shape index (κ3) is 5.97. The topological polar surface area (TPSA) is 15.3 Å². The molecule has 0 saturated carbocycles. The average Bonchev–Trinajstić information content (AvgIpc) is 4.19. The van der Waals surface area contributed by atoms with Gasteiger partial charge >= 0.3 is 0 Å². The molecule has 4 heterocycles. The minimum absolute atomic E-state index is 0.112. The van der Waals surface area contributed by atoms with E-state index < -0.39 is 0 Å². The van der Waals surface area contributed by atoms with Gasteiger partial charge in [-0.25, -0.2) is 0 Å². The number of fused-ring (bicyclic) bond motifs is 16. The van der Waals surface area contributed by atoms with Crippen LogP contribution in [0.15, 0.2) is 218 Å². The monoisotopic (exact) mass is 950 g/mol. The molecule has 11 aromatic carbocycles. The summed E-state index contributed by atoms with van der Waals surface area (Å²) in [5.74, 6) is 0. The van der Waals surface area contributed by atoms with Gasteiger partial charge in [0.25, 0.3) is 0 Å². The summed E-state index contributed by atoms with van der Waals surface area (Å²) in [4.78, 5) is 4.98. The Morgan fingerprint density at radius 3 is 1.26 bits per heavy atom. The quantitative estimate of drug-likeness (QED) is 0.165. The average molecular weight is 951 g/mol. The molecule has 15 aromatic rings. The second-order valence-electron chi connectivity index (χ2n) is 22.6. The lowest BCUT2D eigenvalue weighted by Crippen LogP contribution is -2.15. The number of anilines is 6. The molecule has 0 aliphatic rings. The van der Waals surface area contributed by atoms with Crippen molar-refractivity contribution in [3.8, 4) is 0 Å². The number of hydrogen-bond acceptors (Lipinski definition) is 2. The van der Waals surface area contributed by atoms with Crippen LogP contribution in [0.4, 0.5) is 34.1 Å². The fraction of sp³-hybridized carbons (Fsp3) is 0.114. The van der Waals surface area contributed by atoms with Crippen molar-refractivity contribution < 1.29 is 0 Å². The fourth-order valence-electron chi connectivity index (χ4n) is 12.7. The highest BCUT2D eigenvalue weighted by atomic mass is 15.2. The molecule has 0 saturated heterocycles. The van der Waals surface area contributed by atoms with Crippen molar-refractivity contribution >= 4 is 132 Å². The maximum Gasteiger partial charge on any atom is 0.0789 e. The minimum atomic E-state index is -0.119. The van der Waals surface area contributed by atoms with Gasteiger partial charge in [-0.2, -0.15) is 0 Å². The zero-order valence-electron chi connectivity index (χ0n) is 42.6. The van der Waals surface area contributed by atoms with Gasteiger partial charge in [0.15, 0.2) is 0 Å². The lowest BCUT2D eigenvalue weighted by atomic mass is 9.85. The van der Waals surface area contributed by atoms with Crippen LogP contribution in [0, 0.1) is 0 Å². The summed E-state index contributed by atoms with van der Waals surface area (Å²) in [5.41, 5.74) is 16.6. The normalized spacial score (nSPS) is 12.7. The zero-order chi connectivity index (χ0) is 49.8. The van der Waals surface area contributed by atoms with Crippen molar-refractivity contribution in [1.82, 2.24) is 8.80 Å². The van der Waals surface area contributed by atoms with Crippen LogP contribution in [-0.4, -0.2) is 8.80 Å². The van der Waals surface area contributed by atoms with Crippen LogP contribution in [0.1, 0.15) is 52.7 Å². The molecule has 0 spiro atoms. The maximum absolute atomic E-state index is 2.64. The third-order valence-electron chi connectivity index (χ3n) is 16.1. The van der Waals surface area contributed by atoms with Crippen LogP contribution in [0.3, 0.4) is 0 Å². The Morgan fingerprint density at radius 2 is 0.703 bits per heavy atom. The van der Waals surface area contributed by atoms with Crippen molar-refractivity contribution in [3.63, 3.8) is 0 Å². The maximum atomic E-state index is 2.64. The van der Waals surface area contributed by atoms with Crippen LogP contribution in [0.25, 0.3) is 97.7 Å². The summed E-state index contributed by atoms with van der Waals surface area (Å²) < 4.78 is 5.29. The molecule has 0 atom stereocenters. The van der Waals surface area contributed by atoms with Gasteiger partial charge in [-0.1, -0.05) is 163 Å². The largest absolute Gasteiger partial charge is 0.308 e. The first-order chi connectivity index (χ1) is 36.0. The van der Waals surface area contributed by atoms with Gasteiger partial charge in [0.1, 0.15) is 0 Å². The van der Waals surface area contributed by atoms with Crippen LogP contribution in [-0.2, 0) is 10.8 Å². The Hall–Kier alpha value is -8.86. The predicted octanol–water partition coefficient (Wildman–Crippen LogP) is 19.8.